The van der Waals surface area contributed by atoms with E-state index in [1.54, 1.807) is 0 Å². The van der Waals surface area contributed by atoms with E-state index in [1.807, 2.05) is 6.92 Å². The van der Waals surface area contributed by atoms with Crippen LogP contribution in [-0.2, 0) is 5.54 Å². The molecule has 2 rings (SSSR count). The Kier molecular flexibility index (Phi) is 2.81. The summed E-state index contributed by atoms with van der Waals surface area (Å²) >= 11 is 3.07. The van der Waals surface area contributed by atoms with Crippen LogP contribution in [0.3, 0.4) is 0 Å². The second-order valence-corrected chi connectivity index (χ2v) is 5.02. The van der Waals surface area contributed by atoms with Crippen molar-refractivity contribution in [2.24, 2.45) is 0 Å². The molecule has 1 aliphatic rings. The molecule has 1 aliphatic heterocycles. The van der Waals surface area contributed by atoms with Crippen molar-refractivity contribution in [1.29, 1.82) is 0 Å². The van der Waals surface area contributed by atoms with Crippen LogP contribution >= 0.6 is 15.9 Å². The molecule has 0 radical (unpaired) electrons. The number of hydrogen-bond acceptors (Lipinski definition) is 1. The van der Waals surface area contributed by atoms with Gasteiger partial charge in [-0.3, -0.25) is 0 Å². The molecular formula is C11H12BrF2N. The topological polar surface area (TPSA) is 12.0 Å². The van der Waals surface area contributed by atoms with Crippen LogP contribution in [0.15, 0.2) is 16.6 Å². The second-order valence-electron chi connectivity index (χ2n) is 4.11. The number of rotatable bonds is 1. The van der Waals surface area contributed by atoms with Gasteiger partial charge in [-0.25, -0.2) is 8.78 Å². The highest BCUT2D eigenvalue weighted by molar-refractivity contribution is 9.10. The molecule has 1 heterocycles. The van der Waals surface area contributed by atoms with E-state index in [4.69, 9.17) is 0 Å². The maximum absolute atomic E-state index is 13.7. The first-order valence-electron chi connectivity index (χ1n) is 4.93. The Morgan fingerprint density at radius 1 is 1.33 bits per heavy atom. The Morgan fingerprint density at radius 2 is 1.93 bits per heavy atom. The Labute approximate surface area is 96.0 Å². The van der Waals surface area contributed by atoms with Crippen LogP contribution in [0.1, 0.15) is 25.3 Å². The summed E-state index contributed by atoms with van der Waals surface area (Å²) in [6, 6.07) is 2.62. The first-order chi connectivity index (χ1) is 7.03. The van der Waals surface area contributed by atoms with Crippen molar-refractivity contribution in [2.75, 3.05) is 6.54 Å². The molecule has 0 spiro atoms. The standard InChI is InChI=1S/C11H12BrF2N/c1-11(3-2-4-15-11)10-8(13)5-7(12)6-9(10)14/h5-6,15H,2-4H2,1H3. The van der Waals surface area contributed by atoms with E-state index in [9.17, 15) is 8.78 Å². The third-order valence-corrected chi connectivity index (χ3v) is 3.39. The fourth-order valence-electron chi connectivity index (χ4n) is 2.18. The van der Waals surface area contributed by atoms with Crippen molar-refractivity contribution in [2.45, 2.75) is 25.3 Å². The highest BCUT2D eigenvalue weighted by Crippen LogP contribution is 2.35. The van der Waals surface area contributed by atoms with Gasteiger partial charge >= 0.3 is 0 Å². The summed E-state index contributed by atoms with van der Waals surface area (Å²) in [5, 5.41) is 3.16. The van der Waals surface area contributed by atoms with Crippen molar-refractivity contribution in [3.05, 3.63) is 33.8 Å². The summed E-state index contributed by atoms with van der Waals surface area (Å²) in [7, 11) is 0. The number of hydrogen-bond donors (Lipinski definition) is 1. The van der Waals surface area contributed by atoms with Crippen molar-refractivity contribution < 1.29 is 8.78 Å². The van der Waals surface area contributed by atoms with Gasteiger partial charge in [0.25, 0.3) is 0 Å². The highest BCUT2D eigenvalue weighted by atomic mass is 79.9. The van der Waals surface area contributed by atoms with Crippen LogP contribution in [0, 0.1) is 11.6 Å². The zero-order valence-electron chi connectivity index (χ0n) is 8.41. The van der Waals surface area contributed by atoms with Crippen LogP contribution < -0.4 is 5.32 Å². The van der Waals surface area contributed by atoms with E-state index < -0.39 is 17.2 Å². The van der Waals surface area contributed by atoms with E-state index in [0.29, 0.717) is 4.47 Å². The molecule has 0 aromatic heterocycles. The van der Waals surface area contributed by atoms with E-state index in [0.717, 1.165) is 19.4 Å². The van der Waals surface area contributed by atoms with Gasteiger partial charge in [0.15, 0.2) is 0 Å². The third-order valence-electron chi connectivity index (χ3n) is 2.93. The van der Waals surface area contributed by atoms with Crippen molar-refractivity contribution in [3.63, 3.8) is 0 Å². The Bertz CT molecular complexity index is 363. The van der Waals surface area contributed by atoms with E-state index in [-0.39, 0.29) is 5.56 Å². The van der Waals surface area contributed by atoms with Crippen LogP contribution in [0.5, 0.6) is 0 Å². The first-order valence-corrected chi connectivity index (χ1v) is 5.72. The summed E-state index contributed by atoms with van der Waals surface area (Å²) < 4.78 is 27.8. The molecule has 1 aromatic rings. The lowest BCUT2D eigenvalue weighted by Crippen LogP contribution is -2.35. The van der Waals surface area contributed by atoms with Crippen LogP contribution in [0.25, 0.3) is 0 Å². The predicted molar refractivity (Wildman–Crippen MR) is 58.6 cm³/mol. The molecule has 15 heavy (non-hydrogen) atoms. The molecule has 1 atom stereocenters. The lowest BCUT2D eigenvalue weighted by molar-refractivity contribution is 0.386. The summed E-state index contributed by atoms with van der Waals surface area (Å²) in [4.78, 5) is 0. The zero-order valence-corrected chi connectivity index (χ0v) is 10.00. The van der Waals surface area contributed by atoms with Gasteiger partial charge in [-0.1, -0.05) is 15.9 Å². The molecule has 0 aliphatic carbocycles. The van der Waals surface area contributed by atoms with Gasteiger partial charge < -0.3 is 5.32 Å². The molecule has 1 unspecified atom stereocenters. The zero-order chi connectivity index (χ0) is 11.1. The lowest BCUT2D eigenvalue weighted by Gasteiger charge is -2.26. The normalized spacial score (nSPS) is 25.9. The molecule has 82 valence electrons. The quantitative estimate of drug-likeness (QED) is 0.829. The van der Waals surface area contributed by atoms with Gasteiger partial charge in [-0.05, 0) is 38.4 Å². The van der Waals surface area contributed by atoms with Crippen LogP contribution in [0.2, 0.25) is 0 Å². The van der Waals surface area contributed by atoms with Crippen molar-refractivity contribution in [3.8, 4) is 0 Å². The van der Waals surface area contributed by atoms with Gasteiger partial charge in [-0.2, -0.15) is 0 Å². The summed E-state index contributed by atoms with van der Waals surface area (Å²) in [5.41, 5.74) is -0.405. The Morgan fingerprint density at radius 3 is 2.40 bits per heavy atom. The molecule has 1 N–H and O–H groups in total. The monoisotopic (exact) mass is 275 g/mol. The average Bonchev–Trinajstić information content (AvgIpc) is 2.50. The van der Waals surface area contributed by atoms with Crippen LogP contribution in [-0.4, -0.2) is 6.54 Å². The van der Waals surface area contributed by atoms with Gasteiger partial charge in [0.05, 0.1) is 0 Å². The van der Waals surface area contributed by atoms with Gasteiger partial charge in [0, 0.05) is 15.6 Å². The molecule has 1 aromatic carbocycles. The number of halogens is 3. The molecule has 1 nitrogen and oxygen atoms in total. The third kappa shape index (κ3) is 1.93. The SMILES string of the molecule is CC1(c2c(F)cc(Br)cc2F)CCCN1. The number of benzene rings is 1. The Balaban J connectivity index is 2.52. The Hall–Kier alpha value is -0.480. The fourth-order valence-corrected chi connectivity index (χ4v) is 2.58. The molecule has 0 amide bonds. The van der Waals surface area contributed by atoms with Gasteiger partial charge in [-0.15, -0.1) is 0 Å². The van der Waals surface area contributed by atoms with Crippen molar-refractivity contribution in [1.82, 2.24) is 5.32 Å². The van der Waals surface area contributed by atoms with Crippen LogP contribution in [0.4, 0.5) is 8.78 Å². The summed E-state index contributed by atoms with van der Waals surface area (Å²) in [5.74, 6) is -0.974. The molecule has 4 heteroatoms. The minimum Gasteiger partial charge on any atom is -0.307 e. The predicted octanol–water partition coefficient (Wildman–Crippen LogP) is 3.33. The van der Waals surface area contributed by atoms with E-state index >= 15 is 0 Å². The first kappa shape index (κ1) is 11.0. The summed E-state index contributed by atoms with van der Waals surface area (Å²) in [6.07, 6.45) is 1.72. The van der Waals surface area contributed by atoms with E-state index in [2.05, 4.69) is 21.2 Å². The van der Waals surface area contributed by atoms with Crippen molar-refractivity contribution >= 4 is 15.9 Å². The highest BCUT2D eigenvalue weighted by Gasteiger charge is 2.35. The molecule has 1 saturated heterocycles. The lowest BCUT2D eigenvalue weighted by atomic mass is 9.89. The minimum absolute atomic E-state index is 0.156. The molecular weight excluding hydrogens is 264 g/mol. The molecule has 1 fully saturated rings. The van der Waals surface area contributed by atoms with Gasteiger partial charge in [0.1, 0.15) is 11.6 Å². The molecule has 0 bridgehead atoms. The smallest absolute Gasteiger partial charge is 0.132 e. The maximum Gasteiger partial charge on any atom is 0.132 e. The average molecular weight is 276 g/mol. The maximum atomic E-state index is 13.7. The largest absolute Gasteiger partial charge is 0.307 e. The summed E-state index contributed by atoms with van der Waals surface area (Å²) in [6.45, 7) is 2.65. The van der Waals surface area contributed by atoms with Gasteiger partial charge in [0.2, 0.25) is 0 Å². The second kappa shape index (κ2) is 3.83. The van der Waals surface area contributed by atoms with E-state index in [1.165, 1.54) is 12.1 Å². The minimum atomic E-state index is -0.561. The number of nitrogens with one attached hydrogen (secondary N) is 1. The molecule has 0 saturated carbocycles. The fraction of sp³-hybridized carbons (Fsp3) is 0.455.